The molecule has 1 atom stereocenters. The predicted octanol–water partition coefficient (Wildman–Crippen LogP) is 4.77. The third-order valence-corrected chi connectivity index (χ3v) is 4.36. The van der Waals surface area contributed by atoms with Crippen molar-refractivity contribution in [3.63, 3.8) is 0 Å². The molecule has 0 spiro atoms. The molecule has 1 nitrogen and oxygen atoms in total. The molecule has 1 unspecified atom stereocenters. The Labute approximate surface area is 127 Å². The molecule has 2 aromatic carbocycles. The number of rotatable bonds is 4. The summed E-state index contributed by atoms with van der Waals surface area (Å²) in [5.74, 6) is 0. The van der Waals surface area contributed by atoms with Gasteiger partial charge in [0.2, 0.25) is 0 Å². The molecule has 2 heteroatoms. The van der Waals surface area contributed by atoms with E-state index in [4.69, 9.17) is 11.6 Å². The van der Waals surface area contributed by atoms with Crippen molar-refractivity contribution in [3.8, 4) is 0 Å². The van der Waals surface area contributed by atoms with Crippen LogP contribution in [0, 0.1) is 20.8 Å². The van der Waals surface area contributed by atoms with Gasteiger partial charge in [0.25, 0.3) is 0 Å². The molecule has 0 saturated carbocycles. The molecule has 0 aromatic heterocycles. The summed E-state index contributed by atoms with van der Waals surface area (Å²) in [6.45, 7) is 6.51. The molecule has 2 rings (SSSR count). The molecular formula is C18H22ClN. The zero-order valence-electron chi connectivity index (χ0n) is 12.6. The van der Waals surface area contributed by atoms with Gasteiger partial charge in [0.05, 0.1) is 0 Å². The van der Waals surface area contributed by atoms with Crippen molar-refractivity contribution in [1.82, 2.24) is 5.32 Å². The van der Waals surface area contributed by atoms with Crippen molar-refractivity contribution in [2.75, 3.05) is 7.05 Å². The maximum Gasteiger partial charge on any atom is 0.0438 e. The number of hydrogen-bond donors (Lipinski definition) is 1. The first kappa shape index (κ1) is 15.1. The number of benzene rings is 2. The van der Waals surface area contributed by atoms with Crippen LogP contribution in [0.2, 0.25) is 5.02 Å². The van der Waals surface area contributed by atoms with Gasteiger partial charge in [-0.15, -0.1) is 0 Å². The van der Waals surface area contributed by atoms with Gasteiger partial charge in [-0.25, -0.2) is 0 Å². The predicted molar refractivity (Wildman–Crippen MR) is 87.6 cm³/mol. The second-order valence-corrected chi connectivity index (χ2v) is 5.84. The average molecular weight is 288 g/mol. The van der Waals surface area contributed by atoms with Gasteiger partial charge >= 0.3 is 0 Å². The van der Waals surface area contributed by atoms with Gasteiger partial charge in [0.15, 0.2) is 0 Å². The van der Waals surface area contributed by atoms with Crippen LogP contribution in [0.15, 0.2) is 36.4 Å². The van der Waals surface area contributed by atoms with Crippen LogP contribution in [0.25, 0.3) is 0 Å². The van der Waals surface area contributed by atoms with Crippen LogP contribution in [0.5, 0.6) is 0 Å². The Morgan fingerprint density at radius 2 is 1.65 bits per heavy atom. The van der Waals surface area contributed by atoms with E-state index in [0.717, 1.165) is 11.4 Å². The van der Waals surface area contributed by atoms with Crippen LogP contribution in [0.3, 0.4) is 0 Å². The summed E-state index contributed by atoms with van der Waals surface area (Å²) in [5.41, 5.74) is 6.56. The van der Waals surface area contributed by atoms with Crippen LogP contribution in [0.1, 0.15) is 33.9 Å². The van der Waals surface area contributed by atoms with Crippen molar-refractivity contribution in [3.05, 3.63) is 69.2 Å². The van der Waals surface area contributed by atoms with E-state index in [2.05, 4.69) is 44.3 Å². The van der Waals surface area contributed by atoms with E-state index in [0.29, 0.717) is 0 Å². The molecular weight excluding hydrogens is 266 g/mol. The smallest absolute Gasteiger partial charge is 0.0438 e. The maximum absolute atomic E-state index is 6.28. The third-order valence-electron chi connectivity index (χ3n) is 3.99. The standard InChI is InChI=1S/C18H22ClN/c1-12-9-14(3)16(10-13(12)2)18(20-4)11-15-7-5-6-8-17(15)19/h5-10,18,20H,11H2,1-4H3. The first-order valence-electron chi connectivity index (χ1n) is 7.01. The second-order valence-electron chi connectivity index (χ2n) is 5.43. The summed E-state index contributed by atoms with van der Waals surface area (Å²) in [5, 5.41) is 4.26. The van der Waals surface area contributed by atoms with Crippen molar-refractivity contribution in [2.24, 2.45) is 0 Å². The van der Waals surface area contributed by atoms with Crippen molar-refractivity contribution in [1.29, 1.82) is 0 Å². The zero-order chi connectivity index (χ0) is 14.7. The third kappa shape index (κ3) is 3.23. The Kier molecular flexibility index (Phi) is 4.85. The molecule has 0 aliphatic rings. The molecule has 0 radical (unpaired) electrons. The molecule has 0 amide bonds. The van der Waals surface area contributed by atoms with E-state index in [-0.39, 0.29) is 6.04 Å². The number of likely N-dealkylation sites (N-methyl/N-ethyl adjacent to an activating group) is 1. The van der Waals surface area contributed by atoms with Gasteiger partial charge in [-0.05, 0) is 68.1 Å². The van der Waals surface area contributed by atoms with Gasteiger partial charge in [-0.1, -0.05) is 41.9 Å². The summed E-state index contributed by atoms with van der Waals surface area (Å²) < 4.78 is 0. The quantitative estimate of drug-likeness (QED) is 0.854. The van der Waals surface area contributed by atoms with E-state index in [1.807, 2.05) is 25.2 Å². The minimum absolute atomic E-state index is 0.286. The fourth-order valence-corrected chi connectivity index (χ4v) is 2.82. The molecule has 0 saturated heterocycles. The molecule has 0 bridgehead atoms. The number of aryl methyl sites for hydroxylation is 3. The van der Waals surface area contributed by atoms with Crippen LogP contribution >= 0.6 is 11.6 Å². The van der Waals surface area contributed by atoms with Crippen LogP contribution in [-0.4, -0.2) is 7.05 Å². The van der Waals surface area contributed by atoms with Gasteiger partial charge < -0.3 is 5.32 Å². The Morgan fingerprint density at radius 1 is 1.00 bits per heavy atom. The topological polar surface area (TPSA) is 12.0 Å². The number of nitrogens with one attached hydrogen (secondary N) is 1. The minimum atomic E-state index is 0.286. The molecule has 0 aliphatic heterocycles. The number of hydrogen-bond acceptors (Lipinski definition) is 1. The van der Waals surface area contributed by atoms with Crippen molar-refractivity contribution < 1.29 is 0 Å². The van der Waals surface area contributed by atoms with E-state index in [9.17, 15) is 0 Å². The van der Waals surface area contributed by atoms with E-state index >= 15 is 0 Å². The fourth-order valence-electron chi connectivity index (χ4n) is 2.61. The Bertz CT molecular complexity index is 604. The summed E-state index contributed by atoms with van der Waals surface area (Å²) >= 11 is 6.28. The summed E-state index contributed by atoms with van der Waals surface area (Å²) in [6, 6.07) is 12.9. The molecule has 1 N–H and O–H groups in total. The van der Waals surface area contributed by atoms with E-state index in [1.165, 1.54) is 27.8 Å². The lowest BCUT2D eigenvalue weighted by atomic mass is 9.92. The highest BCUT2D eigenvalue weighted by molar-refractivity contribution is 6.31. The molecule has 20 heavy (non-hydrogen) atoms. The lowest BCUT2D eigenvalue weighted by molar-refractivity contribution is 0.588. The van der Waals surface area contributed by atoms with Gasteiger partial charge in [-0.3, -0.25) is 0 Å². The summed E-state index contributed by atoms with van der Waals surface area (Å²) in [7, 11) is 2.01. The zero-order valence-corrected chi connectivity index (χ0v) is 13.4. The van der Waals surface area contributed by atoms with E-state index < -0.39 is 0 Å². The fraction of sp³-hybridized carbons (Fsp3) is 0.333. The van der Waals surface area contributed by atoms with Crippen molar-refractivity contribution >= 4 is 11.6 Å². The monoisotopic (exact) mass is 287 g/mol. The highest BCUT2D eigenvalue weighted by Crippen LogP contribution is 2.27. The Morgan fingerprint density at radius 3 is 2.30 bits per heavy atom. The lowest BCUT2D eigenvalue weighted by Crippen LogP contribution is -2.20. The van der Waals surface area contributed by atoms with E-state index in [1.54, 1.807) is 0 Å². The normalized spacial score (nSPS) is 12.4. The average Bonchev–Trinajstić information content (AvgIpc) is 2.42. The van der Waals surface area contributed by atoms with Crippen LogP contribution < -0.4 is 5.32 Å². The highest BCUT2D eigenvalue weighted by Gasteiger charge is 2.15. The minimum Gasteiger partial charge on any atom is -0.313 e. The van der Waals surface area contributed by atoms with Gasteiger partial charge in [0, 0.05) is 11.1 Å². The number of halogens is 1. The summed E-state index contributed by atoms with van der Waals surface area (Å²) in [4.78, 5) is 0. The SMILES string of the molecule is CNC(Cc1ccccc1Cl)c1cc(C)c(C)cc1C. The summed E-state index contributed by atoms with van der Waals surface area (Å²) in [6.07, 6.45) is 0.902. The molecule has 2 aromatic rings. The Balaban J connectivity index is 2.34. The Hall–Kier alpha value is -1.31. The van der Waals surface area contributed by atoms with Crippen LogP contribution in [-0.2, 0) is 6.42 Å². The lowest BCUT2D eigenvalue weighted by Gasteiger charge is -2.21. The van der Waals surface area contributed by atoms with Gasteiger partial charge in [0.1, 0.15) is 0 Å². The molecule has 0 heterocycles. The largest absolute Gasteiger partial charge is 0.313 e. The van der Waals surface area contributed by atoms with Gasteiger partial charge in [-0.2, -0.15) is 0 Å². The maximum atomic E-state index is 6.28. The first-order valence-corrected chi connectivity index (χ1v) is 7.39. The molecule has 0 fully saturated rings. The molecule has 106 valence electrons. The van der Waals surface area contributed by atoms with Crippen molar-refractivity contribution in [2.45, 2.75) is 33.2 Å². The molecule has 0 aliphatic carbocycles. The first-order chi connectivity index (χ1) is 9.52. The van der Waals surface area contributed by atoms with Crippen LogP contribution in [0.4, 0.5) is 0 Å². The highest BCUT2D eigenvalue weighted by atomic mass is 35.5. The second kappa shape index (κ2) is 6.43.